The molecule has 0 aliphatic heterocycles. The zero-order valence-electron chi connectivity index (χ0n) is 11.2. The summed E-state index contributed by atoms with van der Waals surface area (Å²) in [6, 6.07) is 8.78. The normalized spacial score (nSPS) is 10.7. The number of hydrogen-bond acceptors (Lipinski definition) is 3. The molecule has 6 heteroatoms. The second-order valence-electron chi connectivity index (χ2n) is 4.65. The maximum absolute atomic E-state index is 12.1. The molecule has 0 saturated carbocycles. The van der Waals surface area contributed by atoms with Gasteiger partial charge in [0.1, 0.15) is 0 Å². The van der Waals surface area contributed by atoms with Crippen LogP contribution in [-0.4, -0.2) is 27.0 Å². The number of hydrogen-bond donors (Lipinski definition) is 2. The Balaban J connectivity index is 1.64. The minimum absolute atomic E-state index is 0.131. The lowest BCUT2D eigenvalue weighted by atomic mass is 10.1. The third-order valence-electron chi connectivity index (χ3n) is 3.25. The summed E-state index contributed by atoms with van der Waals surface area (Å²) in [5.41, 5.74) is 1.46. The van der Waals surface area contributed by atoms with Crippen molar-refractivity contribution in [3.63, 3.8) is 0 Å². The minimum atomic E-state index is -0.157. The molecule has 0 fully saturated rings. The molecule has 1 aromatic carbocycles. The quantitative estimate of drug-likeness (QED) is 0.753. The molecule has 2 N–H and O–H groups in total. The molecule has 21 heavy (non-hydrogen) atoms. The highest BCUT2D eigenvalue weighted by Gasteiger charge is 2.06. The van der Waals surface area contributed by atoms with Gasteiger partial charge in [-0.2, -0.15) is 0 Å². The Labute approximate surface area is 120 Å². The molecule has 0 aliphatic rings. The van der Waals surface area contributed by atoms with Gasteiger partial charge in [-0.25, -0.2) is 4.98 Å². The number of nitrogens with zero attached hydrogens (tertiary/aromatic N) is 2. The summed E-state index contributed by atoms with van der Waals surface area (Å²) < 4.78 is 1.45. The van der Waals surface area contributed by atoms with Gasteiger partial charge in [0.2, 0.25) is 0 Å². The number of carbonyl (C=O) groups excluding carboxylic acids is 1. The van der Waals surface area contributed by atoms with E-state index in [0.717, 1.165) is 10.9 Å². The Kier molecular flexibility index (Phi) is 3.51. The van der Waals surface area contributed by atoms with Crippen LogP contribution < -0.4 is 10.9 Å². The molecule has 106 valence electrons. The largest absolute Gasteiger partial charge is 0.361 e. The van der Waals surface area contributed by atoms with Crippen molar-refractivity contribution in [3.8, 4) is 0 Å². The van der Waals surface area contributed by atoms with Gasteiger partial charge in [-0.15, -0.1) is 0 Å². The van der Waals surface area contributed by atoms with Crippen LogP contribution in [0.4, 0.5) is 0 Å². The van der Waals surface area contributed by atoms with E-state index < -0.39 is 0 Å². The van der Waals surface area contributed by atoms with Gasteiger partial charge in [0, 0.05) is 48.0 Å². The molecule has 0 radical (unpaired) electrons. The van der Waals surface area contributed by atoms with Crippen LogP contribution in [0.3, 0.4) is 0 Å². The van der Waals surface area contributed by atoms with Gasteiger partial charge in [0.25, 0.3) is 11.5 Å². The SMILES string of the molecule is O=C(NCCn1cnccc1=O)c1ccc2[nH]ccc2c1. The molecular weight excluding hydrogens is 268 g/mol. The molecule has 1 amide bonds. The van der Waals surface area contributed by atoms with Crippen molar-refractivity contribution < 1.29 is 4.79 Å². The lowest BCUT2D eigenvalue weighted by Crippen LogP contribution is -2.30. The average molecular weight is 282 g/mol. The van der Waals surface area contributed by atoms with Crippen LogP contribution in [0.25, 0.3) is 10.9 Å². The number of H-pyrrole nitrogens is 1. The summed E-state index contributed by atoms with van der Waals surface area (Å²) in [5, 5.41) is 3.79. The topological polar surface area (TPSA) is 79.8 Å². The van der Waals surface area contributed by atoms with Crippen LogP contribution in [0.5, 0.6) is 0 Å². The number of nitrogens with one attached hydrogen (secondary N) is 2. The van der Waals surface area contributed by atoms with Crippen molar-refractivity contribution >= 4 is 16.8 Å². The van der Waals surface area contributed by atoms with Gasteiger partial charge in [-0.1, -0.05) is 0 Å². The van der Waals surface area contributed by atoms with Gasteiger partial charge in [0.05, 0.1) is 6.33 Å². The Morgan fingerprint density at radius 1 is 1.29 bits per heavy atom. The number of amides is 1. The number of fused-ring (bicyclic) bond motifs is 1. The second kappa shape index (κ2) is 5.62. The fourth-order valence-corrected chi connectivity index (χ4v) is 2.13. The summed E-state index contributed by atoms with van der Waals surface area (Å²) >= 11 is 0. The van der Waals surface area contributed by atoms with Crippen molar-refractivity contribution in [1.82, 2.24) is 19.9 Å². The van der Waals surface area contributed by atoms with Gasteiger partial charge in [0.15, 0.2) is 0 Å². The maximum atomic E-state index is 12.1. The van der Waals surface area contributed by atoms with E-state index in [1.165, 1.54) is 23.2 Å². The molecular formula is C15H14N4O2. The van der Waals surface area contributed by atoms with Gasteiger partial charge >= 0.3 is 0 Å². The number of rotatable bonds is 4. The first kappa shape index (κ1) is 13.1. The Morgan fingerprint density at radius 2 is 2.19 bits per heavy atom. The summed E-state index contributed by atoms with van der Waals surface area (Å²) in [4.78, 5) is 30.5. The fourth-order valence-electron chi connectivity index (χ4n) is 2.13. The predicted octanol–water partition coefficient (Wildman–Crippen LogP) is 1.15. The molecule has 0 atom stereocenters. The van der Waals surface area contributed by atoms with E-state index in [1.54, 1.807) is 6.07 Å². The van der Waals surface area contributed by atoms with Crippen LogP contribution in [0, 0.1) is 0 Å². The first-order valence-corrected chi connectivity index (χ1v) is 6.60. The van der Waals surface area contributed by atoms with Crippen molar-refractivity contribution in [3.05, 3.63) is 65.0 Å². The number of benzene rings is 1. The first-order chi connectivity index (χ1) is 10.2. The van der Waals surface area contributed by atoms with Crippen LogP contribution in [0.15, 0.2) is 53.8 Å². The molecule has 0 saturated heterocycles. The molecule has 0 unspecified atom stereocenters. The van der Waals surface area contributed by atoms with E-state index in [4.69, 9.17) is 0 Å². The van der Waals surface area contributed by atoms with Crippen LogP contribution in [0.1, 0.15) is 10.4 Å². The molecule has 0 spiro atoms. The van der Waals surface area contributed by atoms with E-state index in [9.17, 15) is 9.59 Å². The Hall–Kier alpha value is -2.89. The zero-order valence-corrected chi connectivity index (χ0v) is 11.2. The lowest BCUT2D eigenvalue weighted by molar-refractivity contribution is 0.0952. The van der Waals surface area contributed by atoms with Crippen molar-refractivity contribution in [2.45, 2.75) is 6.54 Å². The van der Waals surface area contributed by atoms with Crippen molar-refractivity contribution in [1.29, 1.82) is 0 Å². The zero-order chi connectivity index (χ0) is 14.7. The van der Waals surface area contributed by atoms with E-state index in [0.29, 0.717) is 18.7 Å². The second-order valence-corrected chi connectivity index (χ2v) is 4.65. The Morgan fingerprint density at radius 3 is 3.05 bits per heavy atom. The molecule has 2 aromatic heterocycles. The average Bonchev–Trinajstić information content (AvgIpc) is 2.96. The third kappa shape index (κ3) is 2.84. The molecule has 0 bridgehead atoms. The van der Waals surface area contributed by atoms with E-state index in [1.807, 2.05) is 24.4 Å². The van der Waals surface area contributed by atoms with Gasteiger partial charge in [-0.05, 0) is 24.3 Å². The highest BCUT2D eigenvalue weighted by molar-refractivity contribution is 5.98. The fraction of sp³-hybridized carbons (Fsp3) is 0.133. The van der Waals surface area contributed by atoms with Gasteiger partial charge < -0.3 is 10.3 Å². The van der Waals surface area contributed by atoms with E-state index in [2.05, 4.69) is 15.3 Å². The highest BCUT2D eigenvalue weighted by Crippen LogP contribution is 2.13. The van der Waals surface area contributed by atoms with Crippen LogP contribution in [0.2, 0.25) is 0 Å². The molecule has 6 nitrogen and oxygen atoms in total. The third-order valence-corrected chi connectivity index (χ3v) is 3.25. The number of aromatic amines is 1. The van der Waals surface area contributed by atoms with Crippen LogP contribution in [-0.2, 0) is 6.54 Å². The molecule has 0 aliphatic carbocycles. The predicted molar refractivity (Wildman–Crippen MR) is 79.1 cm³/mol. The van der Waals surface area contributed by atoms with Gasteiger partial charge in [-0.3, -0.25) is 14.2 Å². The maximum Gasteiger partial charge on any atom is 0.253 e. The van der Waals surface area contributed by atoms with Crippen LogP contribution >= 0.6 is 0 Å². The molecule has 2 heterocycles. The molecule has 3 aromatic rings. The standard InChI is InChI=1S/C15H14N4O2/c20-14-4-5-16-10-19(14)8-7-18-15(21)12-1-2-13-11(9-12)3-6-17-13/h1-6,9-10,17H,7-8H2,(H,18,21). The summed E-state index contributed by atoms with van der Waals surface area (Å²) in [7, 11) is 0. The monoisotopic (exact) mass is 282 g/mol. The van der Waals surface area contributed by atoms with Crippen molar-refractivity contribution in [2.24, 2.45) is 0 Å². The summed E-state index contributed by atoms with van der Waals surface area (Å²) in [6.07, 6.45) is 4.74. The van der Waals surface area contributed by atoms with Crippen molar-refractivity contribution in [2.75, 3.05) is 6.54 Å². The summed E-state index contributed by atoms with van der Waals surface area (Å²) in [6.45, 7) is 0.764. The highest BCUT2D eigenvalue weighted by atomic mass is 16.1. The van der Waals surface area contributed by atoms with E-state index in [-0.39, 0.29) is 11.5 Å². The smallest absolute Gasteiger partial charge is 0.253 e. The minimum Gasteiger partial charge on any atom is -0.361 e. The Bertz CT molecular complexity index is 835. The summed E-state index contributed by atoms with van der Waals surface area (Å²) in [5.74, 6) is -0.157. The van der Waals surface area contributed by atoms with E-state index >= 15 is 0 Å². The number of aromatic nitrogens is 3. The first-order valence-electron chi connectivity index (χ1n) is 6.60. The molecule has 3 rings (SSSR count). The lowest BCUT2D eigenvalue weighted by Gasteiger charge is -2.07. The number of carbonyl (C=O) groups is 1.